The molecular weight excluding hydrogens is 413 g/mol. The fourth-order valence-corrected chi connectivity index (χ4v) is 3.82. The number of fused-ring (bicyclic) bond motifs is 2. The predicted molar refractivity (Wildman–Crippen MR) is 113 cm³/mol. The lowest BCUT2D eigenvalue weighted by Gasteiger charge is -2.15. The summed E-state index contributed by atoms with van der Waals surface area (Å²) in [6.07, 6.45) is 5.15. The van der Waals surface area contributed by atoms with E-state index in [1.165, 1.54) is 6.08 Å². The molecule has 0 aliphatic rings. The molecule has 0 aliphatic carbocycles. The van der Waals surface area contributed by atoms with Crippen molar-refractivity contribution in [1.82, 2.24) is 0 Å². The molecule has 0 aromatic heterocycles. The minimum Gasteiger partial charge on any atom is -0.384 e. The lowest BCUT2D eigenvalue weighted by Crippen LogP contribution is -2.23. The molecule has 0 spiro atoms. The molecule has 1 atom stereocenters. The van der Waals surface area contributed by atoms with Crippen LogP contribution in [0.5, 0.6) is 0 Å². The van der Waals surface area contributed by atoms with Crippen LogP contribution in [-0.4, -0.2) is 13.9 Å². The van der Waals surface area contributed by atoms with E-state index in [1.54, 1.807) is 0 Å². The van der Waals surface area contributed by atoms with Crippen molar-refractivity contribution in [3.05, 3.63) is 72.5 Å². The molecule has 0 radical (unpaired) electrons. The molecule has 0 heterocycles. The highest BCUT2D eigenvalue weighted by Crippen LogP contribution is 2.29. The minimum atomic E-state index is -5.63. The van der Waals surface area contributed by atoms with E-state index in [4.69, 9.17) is 0 Å². The van der Waals surface area contributed by atoms with Crippen molar-refractivity contribution in [2.45, 2.75) is 38.1 Å². The van der Waals surface area contributed by atoms with Gasteiger partial charge in [-0.3, -0.25) is 0 Å². The molecule has 0 fully saturated rings. The van der Waals surface area contributed by atoms with Crippen LogP contribution in [0.3, 0.4) is 0 Å². The Labute approximate surface area is 174 Å². The van der Waals surface area contributed by atoms with Crippen molar-refractivity contribution < 1.29 is 25.8 Å². The van der Waals surface area contributed by atoms with Gasteiger partial charge in [-0.1, -0.05) is 62.2 Å². The van der Waals surface area contributed by atoms with Gasteiger partial charge in [0, 0.05) is 0 Å². The zero-order valence-corrected chi connectivity index (χ0v) is 17.3. The second-order valence-electron chi connectivity index (χ2n) is 7.27. The summed E-state index contributed by atoms with van der Waals surface area (Å²) in [6.45, 7) is 2.02. The van der Waals surface area contributed by atoms with E-state index in [1.807, 2.05) is 49.4 Å². The third-order valence-electron chi connectivity index (χ3n) is 5.06. The van der Waals surface area contributed by atoms with E-state index in [9.17, 15) is 21.6 Å². The van der Waals surface area contributed by atoms with Crippen molar-refractivity contribution in [1.29, 1.82) is 0 Å². The minimum absolute atomic E-state index is 0.148. The first kappa shape index (κ1) is 22.2. The number of unbranched alkanes of at least 4 members (excludes halogenated alkanes) is 1. The summed E-state index contributed by atoms with van der Waals surface area (Å²) in [5.41, 5.74) is -4.38. The Kier molecular flexibility index (Phi) is 6.71. The van der Waals surface area contributed by atoms with Crippen LogP contribution in [0.15, 0.2) is 66.9 Å². The molecule has 3 nitrogen and oxygen atoms in total. The van der Waals surface area contributed by atoms with E-state index in [0.717, 1.165) is 39.9 Å². The molecule has 7 heteroatoms. The number of alkyl halides is 3. The summed E-state index contributed by atoms with van der Waals surface area (Å²) in [5, 5.41) is 4.41. The van der Waals surface area contributed by atoms with Crippen LogP contribution in [0.4, 0.5) is 13.2 Å². The van der Waals surface area contributed by atoms with Gasteiger partial charge in [-0.05, 0) is 64.1 Å². The monoisotopic (exact) mass is 436 g/mol. The molecule has 3 aromatic carbocycles. The Bertz CT molecular complexity index is 1150. The molecular formula is C23H23F3O3S. The van der Waals surface area contributed by atoms with Crippen molar-refractivity contribution in [3.63, 3.8) is 0 Å². The summed E-state index contributed by atoms with van der Waals surface area (Å²) >= 11 is 0. The summed E-state index contributed by atoms with van der Waals surface area (Å²) < 4.78 is 63.7. The maximum atomic E-state index is 12.5. The maximum absolute atomic E-state index is 12.5. The highest BCUT2D eigenvalue weighted by Gasteiger charge is 2.47. The van der Waals surface area contributed by atoms with Gasteiger partial charge in [0.25, 0.3) is 0 Å². The van der Waals surface area contributed by atoms with E-state index in [-0.39, 0.29) is 5.92 Å². The average molecular weight is 436 g/mol. The fourth-order valence-electron chi connectivity index (χ4n) is 3.50. The predicted octanol–water partition coefficient (Wildman–Crippen LogP) is 6.72. The number of allylic oxidation sites excluding steroid dienone is 1. The maximum Gasteiger partial charge on any atom is 0.534 e. The SMILES string of the molecule is CCCCC(C=COS(=O)(=O)C(F)(F)F)Cc1cccc2cc3ccccc3cc12. The molecule has 0 aliphatic heterocycles. The Morgan fingerprint density at radius 2 is 1.67 bits per heavy atom. The molecule has 0 bridgehead atoms. The highest BCUT2D eigenvalue weighted by atomic mass is 32.2. The summed E-state index contributed by atoms with van der Waals surface area (Å²) in [7, 11) is -5.63. The quantitative estimate of drug-likeness (QED) is 0.170. The van der Waals surface area contributed by atoms with E-state index >= 15 is 0 Å². The van der Waals surface area contributed by atoms with Crippen molar-refractivity contribution in [2.24, 2.45) is 5.92 Å². The summed E-state index contributed by atoms with van der Waals surface area (Å²) in [5.74, 6) is -0.148. The van der Waals surface area contributed by atoms with Gasteiger partial charge in [-0.15, -0.1) is 0 Å². The molecule has 3 aromatic rings. The third-order valence-corrected chi connectivity index (χ3v) is 6.00. The van der Waals surface area contributed by atoms with Gasteiger partial charge in [0.05, 0.1) is 0 Å². The van der Waals surface area contributed by atoms with Gasteiger partial charge in [0.15, 0.2) is 0 Å². The molecule has 0 amide bonds. The molecule has 1 unspecified atom stereocenters. The van der Waals surface area contributed by atoms with E-state index in [2.05, 4.69) is 16.3 Å². The van der Waals surface area contributed by atoms with E-state index < -0.39 is 15.6 Å². The van der Waals surface area contributed by atoms with Gasteiger partial charge in [0.1, 0.15) is 6.26 Å². The van der Waals surface area contributed by atoms with Crippen molar-refractivity contribution in [2.75, 3.05) is 0 Å². The van der Waals surface area contributed by atoms with Crippen LogP contribution in [0.1, 0.15) is 31.7 Å². The summed E-state index contributed by atoms with van der Waals surface area (Å²) in [6, 6.07) is 18.3. The topological polar surface area (TPSA) is 43.4 Å². The van der Waals surface area contributed by atoms with Crippen LogP contribution < -0.4 is 0 Å². The summed E-state index contributed by atoms with van der Waals surface area (Å²) in [4.78, 5) is 0. The lowest BCUT2D eigenvalue weighted by molar-refractivity contribution is -0.0515. The van der Waals surface area contributed by atoms with Gasteiger partial charge < -0.3 is 4.18 Å². The van der Waals surface area contributed by atoms with Crippen LogP contribution in [0.2, 0.25) is 0 Å². The van der Waals surface area contributed by atoms with Gasteiger partial charge in [-0.2, -0.15) is 21.6 Å². The van der Waals surface area contributed by atoms with Crippen LogP contribution in [0, 0.1) is 5.92 Å². The third kappa shape index (κ3) is 5.14. The lowest BCUT2D eigenvalue weighted by atomic mass is 9.90. The zero-order chi connectivity index (χ0) is 21.8. The first-order valence-electron chi connectivity index (χ1n) is 9.78. The number of hydrogen-bond donors (Lipinski definition) is 0. The first-order valence-corrected chi connectivity index (χ1v) is 11.2. The second kappa shape index (κ2) is 9.08. The average Bonchev–Trinajstić information content (AvgIpc) is 2.69. The van der Waals surface area contributed by atoms with Crippen molar-refractivity contribution in [3.8, 4) is 0 Å². The Morgan fingerprint density at radius 1 is 1.00 bits per heavy atom. The molecule has 0 N–H and O–H groups in total. The van der Waals surface area contributed by atoms with E-state index in [0.29, 0.717) is 19.1 Å². The molecule has 0 saturated carbocycles. The zero-order valence-electron chi connectivity index (χ0n) is 16.5. The Balaban J connectivity index is 1.88. The molecule has 3 rings (SSSR count). The molecule has 30 heavy (non-hydrogen) atoms. The number of benzene rings is 3. The van der Waals surface area contributed by atoms with Crippen LogP contribution in [0.25, 0.3) is 21.5 Å². The van der Waals surface area contributed by atoms with Gasteiger partial charge in [0.2, 0.25) is 0 Å². The van der Waals surface area contributed by atoms with Crippen LogP contribution >= 0.6 is 0 Å². The van der Waals surface area contributed by atoms with Gasteiger partial charge >= 0.3 is 15.6 Å². The van der Waals surface area contributed by atoms with Crippen LogP contribution in [-0.2, 0) is 20.7 Å². The standard InChI is InChI=1S/C23H23F3O3S/c1-2-3-7-17(12-13-29-30(27,28)23(24,25)26)14-20-10-6-11-21-15-18-8-4-5-9-19(18)16-22(20)21/h4-6,8-13,15-17H,2-3,7,14H2,1H3. The normalized spacial score (nSPS) is 13.9. The van der Waals surface area contributed by atoms with Gasteiger partial charge in [-0.25, -0.2) is 0 Å². The molecule has 160 valence electrons. The second-order valence-corrected chi connectivity index (χ2v) is 8.83. The molecule has 0 saturated heterocycles. The smallest absolute Gasteiger partial charge is 0.384 e. The Hall–Kier alpha value is -2.54. The number of rotatable bonds is 8. The fraction of sp³-hybridized carbons (Fsp3) is 0.304. The van der Waals surface area contributed by atoms with Crippen molar-refractivity contribution >= 4 is 31.7 Å². The Morgan fingerprint density at radius 3 is 2.33 bits per heavy atom. The number of hydrogen-bond acceptors (Lipinski definition) is 3. The first-order chi connectivity index (χ1) is 14.2. The number of halogens is 3. The highest BCUT2D eigenvalue weighted by molar-refractivity contribution is 7.87. The largest absolute Gasteiger partial charge is 0.534 e.